The van der Waals surface area contributed by atoms with Gasteiger partial charge >= 0.3 is 11.9 Å². The molecule has 1 amide bonds. The number of likely N-dealkylation sites (tertiary alicyclic amines) is 1. The van der Waals surface area contributed by atoms with Crippen molar-refractivity contribution < 1.29 is 23.9 Å². The Labute approximate surface area is 98.2 Å². The number of amides is 1. The Balaban J connectivity index is 2.21. The van der Waals surface area contributed by atoms with Gasteiger partial charge in [0.25, 0.3) is 5.79 Å². The van der Waals surface area contributed by atoms with E-state index in [1.54, 1.807) is 0 Å². The van der Waals surface area contributed by atoms with Gasteiger partial charge in [0.1, 0.15) is 0 Å². The summed E-state index contributed by atoms with van der Waals surface area (Å²) >= 11 is 0. The quantitative estimate of drug-likeness (QED) is 0.374. The van der Waals surface area contributed by atoms with E-state index in [1.807, 2.05) is 0 Å². The number of carbonyl (C=O) groups is 3. The van der Waals surface area contributed by atoms with Gasteiger partial charge in [-0.05, 0) is 6.42 Å². The van der Waals surface area contributed by atoms with Gasteiger partial charge in [0.2, 0.25) is 5.91 Å². The molecule has 2 heterocycles. The Kier molecular flexibility index (Phi) is 2.65. The molecule has 0 spiro atoms. The molecule has 0 bridgehead atoms. The molecule has 0 aromatic carbocycles. The smallest absolute Gasteiger partial charge is 0.350 e. The van der Waals surface area contributed by atoms with Crippen molar-refractivity contribution in [3.63, 3.8) is 0 Å². The molecule has 0 aliphatic carbocycles. The van der Waals surface area contributed by atoms with Crippen molar-refractivity contribution in [3.8, 4) is 0 Å². The highest BCUT2D eigenvalue weighted by atomic mass is 16.7. The second kappa shape index (κ2) is 3.87. The van der Waals surface area contributed by atoms with E-state index in [0.717, 1.165) is 6.42 Å². The van der Waals surface area contributed by atoms with Crippen LogP contribution in [0.1, 0.15) is 26.7 Å². The summed E-state index contributed by atoms with van der Waals surface area (Å²) in [6.45, 7) is 3.45. The van der Waals surface area contributed by atoms with E-state index >= 15 is 0 Å². The number of ether oxygens (including phenoxy) is 2. The van der Waals surface area contributed by atoms with Crippen molar-refractivity contribution >= 4 is 17.8 Å². The van der Waals surface area contributed by atoms with Crippen molar-refractivity contribution in [1.29, 1.82) is 0 Å². The van der Waals surface area contributed by atoms with Gasteiger partial charge in [-0.2, -0.15) is 0 Å². The fourth-order valence-electron chi connectivity index (χ4n) is 1.73. The summed E-state index contributed by atoms with van der Waals surface area (Å²) in [5, 5.41) is 0. The molecule has 0 N–H and O–H groups in total. The second-order valence-corrected chi connectivity index (χ2v) is 4.41. The van der Waals surface area contributed by atoms with Crippen molar-refractivity contribution in [2.24, 2.45) is 0 Å². The largest absolute Gasteiger partial charge is 0.419 e. The van der Waals surface area contributed by atoms with E-state index in [0.29, 0.717) is 13.0 Å². The van der Waals surface area contributed by atoms with Crippen molar-refractivity contribution in [2.45, 2.75) is 32.5 Å². The van der Waals surface area contributed by atoms with Crippen LogP contribution in [0.3, 0.4) is 0 Å². The highest BCUT2D eigenvalue weighted by molar-refractivity contribution is 6.15. The van der Waals surface area contributed by atoms with Crippen LogP contribution in [0.2, 0.25) is 0 Å². The van der Waals surface area contributed by atoms with Gasteiger partial charge in [-0.25, -0.2) is 9.59 Å². The number of hydrogen-bond acceptors (Lipinski definition) is 5. The lowest BCUT2D eigenvalue weighted by atomic mass is 10.2. The first-order chi connectivity index (χ1) is 7.89. The molecule has 0 aromatic heterocycles. The first-order valence-electron chi connectivity index (χ1n) is 5.37. The predicted molar refractivity (Wildman–Crippen MR) is 55.3 cm³/mol. The molecule has 0 saturated carbocycles. The molecular weight excluding hydrogens is 226 g/mol. The minimum absolute atomic E-state index is 0.108. The molecule has 2 rings (SSSR count). The van der Waals surface area contributed by atoms with Crippen LogP contribution in [0.15, 0.2) is 11.8 Å². The number of cyclic esters (lactones) is 2. The Hall–Kier alpha value is -1.85. The summed E-state index contributed by atoms with van der Waals surface area (Å²) in [6.07, 6.45) is 2.37. The second-order valence-electron chi connectivity index (χ2n) is 4.41. The average Bonchev–Trinajstić information content (AvgIpc) is 2.56. The maximum Gasteiger partial charge on any atom is 0.350 e. The summed E-state index contributed by atoms with van der Waals surface area (Å²) < 4.78 is 9.83. The summed E-state index contributed by atoms with van der Waals surface area (Å²) in [5.41, 5.74) is -0.237. The zero-order valence-corrected chi connectivity index (χ0v) is 9.69. The molecule has 6 nitrogen and oxygen atoms in total. The highest BCUT2D eigenvalue weighted by Crippen LogP contribution is 2.23. The van der Waals surface area contributed by atoms with Gasteiger partial charge < -0.3 is 14.4 Å². The number of rotatable bonds is 1. The lowest BCUT2D eigenvalue weighted by Crippen LogP contribution is -2.42. The molecule has 0 atom stereocenters. The van der Waals surface area contributed by atoms with Crippen LogP contribution in [-0.2, 0) is 23.9 Å². The third-order valence-electron chi connectivity index (χ3n) is 2.51. The van der Waals surface area contributed by atoms with Crippen LogP contribution >= 0.6 is 0 Å². The molecule has 2 aliphatic rings. The van der Waals surface area contributed by atoms with Crippen molar-refractivity contribution in [1.82, 2.24) is 4.90 Å². The van der Waals surface area contributed by atoms with E-state index in [1.165, 1.54) is 24.9 Å². The average molecular weight is 239 g/mol. The Bertz CT molecular complexity index is 402. The van der Waals surface area contributed by atoms with E-state index in [2.05, 4.69) is 0 Å². The molecule has 17 heavy (non-hydrogen) atoms. The van der Waals surface area contributed by atoms with E-state index in [-0.39, 0.29) is 11.5 Å². The molecule has 0 unspecified atom stereocenters. The first-order valence-corrected chi connectivity index (χ1v) is 5.37. The first kappa shape index (κ1) is 11.6. The molecule has 2 saturated heterocycles. The number of hydrogen-bond donors (Lipinski definition) is 0. The topological polar surface area (TPSA) is 72.9 Å². The molecule has 6 heteroatoms. The van der Waals surface area contributed by atoms with E-state index in [4.69, 9.17) is 9.47 Å². The third-order valence-corrected chi connectivity index (χ3v) is 2.51. The summed E-state index contributed by atoms with van der Waals surface area (Å²) in [7, 11) is 0. The van der Waals surface area contributed by atoms with Crippen LogP contribution in [-0.4, -0.2) is 35.1 Å². The van der Waals surface area contributed by atoms with E-state index < -0.39 is 17.7 Å². The molecular formula is C11H13NO5. The number of carbonyl (C=O) groups excluding carboxylic acids is 3. The van der Waals surface area contributed by atoms with Crippen molar-refractivity contribution in [2.75, 3.05) is 6.54 Å². The molecule has 0 radical (unpaired) electrons. The normalized spacial score (nSPS) is 23.5. The van der Waals surface area contributed by atoms with Gasteiger partial charge in [0, 0.05) is 33.0 Å². The van der Waals surface area contributed by atoms with Gasteiger partial charge in [-0.3, -0.25) is 4.79 Å². The highest BCUT2D eigenvalue weighted by Gasteiger charge is 2.39. The van der Waals surface area contributed by atoms with Gasteiger partial charge in [0.05, 0.1) is 0 Å². The Morgan fingerprint density at radius 1 is 1.18 bits per heavy atom. The standard InChI is InChI=1S/C11H13NO5/c1-11(2)16-9(14)7(10(15)17-11)6-12-5-3-4-8(12)13/h6H,3-5H2,1-2H3. The van der Waals surface area contributed by atoms with Crippen LogP contribution in [0.5, 0.6) is 0 Å². The Morgan fingerprint density at radius 2 is 1.76 bits per heavy atom. The minimum Gasteiger partial charge on any atom is -0.419 e. The lowest BCUT2D eigenvalue weighted by Gasteiger charge is -2.30. The number of nitrogens with zero attached hydrogens (tertiary/aromatic N) is 1. The van der Waals surface area contributed by atoms with Crippen LogP contribution in [0, 0.1) is 0 Å². The third kappa shape index (κ3) is 2.30. The molecule has 0 aromatic rings. The maximum absolute atomic E-state index is 11.6. The molecule has 2 fully saturated rings. The minimum atomic E-state index is -1.25. The predicted octanol–water partition coefficient (Wildman–Crippen LogP) is 0.329. The maximum atomic E-state index is 11.6. The van der Waals surface area contributed by atoms with Crippen molar-refractivity contribution in [3.05, 3.63) is 11.8 Å². The zero-order valence-electron chi connectivity index (χ0n) is 9.69. The lowest BCUT2D eigenvalue weighted by molar-refractivity contribution is -0.222. The van der Waals surface area contributed by atoms with Crippen LogP contribution in [0.4, 0.5) is 0 Å². The van der Waals surface area contributed by atoms with Crippen LogP contribution in [0.25, 0.3) is 0 Å². The van der Waals surface area contributed by atoms with Gasteiger partial charge in [0.15, 0.2) is 5.57 Å². The van der Waals surface area contributed by atoms with Crippen LogP contribution < -0.4 is 0 Å². The number of esters is 2. The van der Waals surface area contributed by atoms with Gasteiger partial charge in [-0.15, -0.1) is 0 Å². The fraction of sp³-hybridized carbons (Fsp3) is 0.545. The summed E-state index contributed by atoms with van der Waals surface area (Å²) in [4.78, 5) is 35.9. The molecule has 92 valence electrons. The summed E-state index contributed by atoms with van der Waals surface area (Å²) in [6, 6.07) is 0. The summed E-state index contributed by atoms with van der Waals surface area (Å²) in [5.74, 6) is -2.87. The van der Waals surface area contributed by atoms with Gasteiger partial charge in [-0.1, -0.05) is 0 Å². The SMILES string of the molecule is CC1(C)OC(=O)C(=CN2CCCC2=O)C(=O)O1. The monoisotopic (exact) mass is 239 g/mol. The molecule has 2 aliphatic heterocycles. The fourth-order valence-corrected chi connectivity index (χ4v) is 1.73. The Morgan fingerprint density at radius 3 is 2.24 bits per heavy atom. The zero-order chi connectivity index (χ0) is 12.6. The van der Waals surface area contributed by atoms with E-state index in [9.17, 15) is 14.4 Å².